The highest BCUT2D eigenvalue weighted by Gasteiger charge is 2.27. The lowest BCUT2D eigenvalue weighted by Gasteiger charge is -2.12. The standard InChI is InChI=1S/C22H19ClN4O5S2/c1-24-15-4-7-17-18(10-15)13(12-28)11-27(21(17)29)16-5-2-14(3-6-16)25-22(30)26-34(31,32)20-9-8-19(23)33-20/h2-7,9-12,19,24H,8H2,1H3,(H2,25,26,30). The molecule has 1 aromatic heterocycles. The molecule has 0 bridgehead atoms. The van der Waals surface area contributed by atoms with Gasteiger partial charge in [-0.05, 0) is 48.9 Å². The molecule has 9 nitrogen and oxygen atoms in total. The number of rotatable bonds is 6. The Morgan fingerprint density at radius 1 is 1.15 bits per heavy atom. The zero-order valence-electron chi connectivity index (χ0n) is 17.7. The van der Waals surface area contributed by atoms with E-state index in [1.807, 2.05) is 4.72 Å². The van der Waals surface area contributed by atoms with Crippen LogP contribution in [0.2, 0.25) is 0 Å². The molecule has 3 aromatic rings. The lowest BCUT2D eigenvalue weighted by Crippen LogP contribution is -2.34. The predicted octanol–water partition coefficient (Wildman–Crippen LogP) is 3.84. The van der Waals surface area contributed by atoms with Gasteiger partial charge in [0.05, 0.1) is 4.71 Å². The fraction of sp³-hybridized carbons (Fsp3) is 0.136. The lowest BCUT2D eigenvalue weighted by atomic mass is 10.1. The van der Waals surface area contributed by atoms with Gasteiger partial charge in [0.2, 0.25) is 0 Å². The molecular weight excluding hydrogens is 500 g/mol. The van der Waals surface area contributed by atoms with E-state index in [9.17, 15) is 22.8 Å². The minimum atomic E-state index is -4.01. The topological polar surface area (TPSA) is 126 Å². The third kappa shape index (κ3) is 4.81. The maximum Gasteiger partial charge on any atom is 0.333 e. The molecule has 4 rings (SSSR count). The Kier molecular flexibility index (Phi) is 6.69. The van der Waals surface area contributed by atoms with Crippen molar-refractivity contribution in [3.8, 4) is 5.69 Å². The molecule has 1 unspecified atom stereocenters. The molecule has 1 aliphatic heterocycles. The number of amides is 2. The van der Waals surface area contributed by atoms with Crippen molar-refractivity contribution in [2.24, 2.45) is 0 Å². The summed E-state index contributed by atoms with van der Waals surface area (Å²) in [6.07, 6.45) is 3.99. The van der Waals surface area contributed by atoms with E-state index in [-0.39, 0.29) is 14.5 Å². The molecule has 2 aromatic carbocycles. The zero-order chi connectivity index (χ0) is 24.5. The van der Waals surface area contributed by atoms with E-state index in [1.165, 1.54) is 29.0 Å². The third-order valence-corrected chi connectivity index (χ3v) is 8.46. The number of aromatic nitrogens is 1. The highest BCUT2D eigenvalue weighted by molar-refractivity contribution is 8.19. The number of carbonyl (C=O) groups excluding carboxylic acids is 2. The van der Waals surface area contributed by atoms with Crippen LogP contribution in [0.15, 0.2) is 63.8 Å². The van der Waals surface area contributed by atoms with Crippen molar-refractivity contribution in [2.45, 2.75) is 11.1 Å². The molecule has 0 spiro atoms. The zero-order valence-corrected chi connectivity index (χ0v) is 20.1. The second kappa shape index (κ2) is 9.53. The van der Waals surface area contributed by atoms with Crippen molar-refractivity contribution < 1.29 is 18.0 Å². The molecule has 34 heavy (non-hydrogen) atoms. The van der Waals surface area contributed by atoms with Crippen LogP contribution in [0.5, 0.6) is 0 Å². The Labute approximate surface area is 204 Å². The summed E-state index contributed by atoms with van der Waals surface area (Å²) in [5.41, 5.74) is 1.58. The number of sulfonamides is 1. The van der Waals surface area contributed by atoms with Crippen LogP contribution in [0, 0.1) is 0 Å². The molecule has 1 aliphatic rings. The summed E-state index contributed by atoms with van der Waals surface area (Å²) in [5.74, 6) is 0. The van der Waals surface area contributed by atoms with E-state index < -0.39 is 16.1 Å². The number of hydrogen-bond donors (Lipinski definition) is 3. The first-order chi connectivity index (χ1) is 16.2. The first-order valence-electron chi connectivity index (χ1n) is 9.99. The lowest BCUT2D eigenvalue weighted by molar-refractivity contribution is 0.112. The number of alkyl halides is 1. The number of fused-ring (bicyclic) bond motifs is 1. The van der Waals surface area contributed by atoms with Crippen LogP contribution in [0.3, 0.4) is 0 Å². The van der Waals surface area contributed by atoms with E-state index in [4.69, 9.17) is 11.6 Å². The Hall–Kier alpha value is -3.28. The Balaban J connectivity index is 1.56. The number of hydrogen-bond acceptors (Lipinski definition) is 7. The van der Waals surface area contributed by atoms with Gasteiger partial charge >= 0.3 is 6.03 Å². The van der Waals surface area contributed by atoms with Crippen LogP contribution in [0.1, 0.15) is 16.8 Å². The van der Waals surface area contributed by atoms with E-state index in [0.29, 0.717) is 40.4 Å². The fourth-order valence-electron chi connectivity index (χ4n) is 3.43. The van der Waals surface area contributed by atoms with E-state index >= 15 is 0 Å². The van der Waals surface area contributed by atoms with Crippen molar-refractivity contribution in [2.75, 3.05) is 17.7 Å². The highest BCUT2D eigenvalue weighted by atomic mass is 35.5. The van der Waals surface area contributed by atoms with Crippen molar-refractivity contribution >= 4 is 67.9 Å². The molecule has 1 atom stereocenters. The molecule has 0 aliphatic carbocycles. The molecule has 12 heteroatoms. The number of nitrogens with zero attached hydrogens (tertiary/aromatic N) is 1. The number of thioether (sulfide) groups is 1. The van der Waals surface area contributed by atoms with Crippen LogP contribution < -0.4 is 20.9 Å². The summed E-state index contributed by atoms with van der Waals surface area (Å²) in [5, 5.41) is 6.34. The minimum Gasteiger partial charge on any atom is -0.388 e. The van der Waals surface area contributed by atoms with Crippen LogP contribution >= 0.6 is 23.4 Å². The van der Waals surface area contributed by atoms with Gasteiger partial charge in [-0.2, -0.15) is 0 Å². The Bertz CT molecular complexity index is 1480. The minimum absolute atomic E-state index is 0.00139. The summed E-state index contributed by atoms with van der Waals surface area (Å²) < 4.78 is 27.4. The molecular formula is C22H19ClN4O5S2. The van der Waals surface area contributed by atoms with Gasteiger partial charge in [-0.1, -0.05) is 17.8 Å². The molecule has 176 valence electrons. The summed E-state index contributed by atoms with van der Waals surface area (Å²) >= 11 is 6.85. The van der Waals surface area contributed by atoms with E-state index in [2.05, 4.69) is 10.6 Å². The summed E-state index contributed by atoms with van der Waals surface area (Å²) in [6, 6.07) is 10.4. The second-order valence-electron chi connectivity index (χ2n) is 7.28. The van der Waals surface area contributed by atoms with E-state index in [1.54, 1.807) is 37.4 Å². The fourth-order valence-corrected chi connectivity index (χ4v) is 6.29. The highest BCUT2D eigenvalue weighted by Crippen LogP contribution is 2.37. The summed E-state index contributed by atoms with van der Waals surface area (Å²) in [6.45, 7) is 0. The van der Waals surface area contributed by atoms with Gasteiger partial charge in [-0.25, -0.2) is 17.9 Å². The summed E-state index contributed by atoms with van der Waals surface area (Å²) in [4.78, 5) is 36.9. The molecule has 0 saturated carbocycles. The maximum atomic E-state index is 13.0. The number of anilines is 2. The van der Waals surface area contributed by atoms with Crippen LogP contribution in [-0.4, -0.2) is 37.1 Å². The monoisotopic (exact) mass is 518 g/mol. The van der Waals surface area contributed by atoms with Gasteiger partial charge < -0.3 is 10.6 Å². The van der Waals surface area contributed by atoms with Crippen molar-refractivity contribution in [3.63, 3.8) is 0 Å². The van der Waals surface area contributed by atoms with Gasteiger partial charge in [0.15, 0.2) is 6.29 Å². The third-order valence-electron chi connectivity index (χ3n) is 5.07. The SMILES string of the molecule is CNc1ccc2c(=O)n(-c3ccc(NC(=O)NS(=O)(=O)C4=CCC(Cl)S4)cc3)cc(C=O)c2c1. The number of halogens is 1. The molecule has 0 radical (unpaired) electrons. The normalized spacial score (nSPS) is 15.6. The number of carbonyl (C=O) groups is 2. The first kappa shape index (κ1) is 23.9. The van der Waals surface area contributed by atoms with Crippen molar-refractivity contribution in [1.29, 1.82) is 0 Å². The van der Waals surface area contributed by atoms with Gasteiger partial charge in [-0.3, -0.25) is 14.2 Å². The largest absolute Gasteiger partial charge is 0.388 e. The summed E-state index contributed by atoms with van der Waals surface area (Å²) in [7, 11) is -2.26. The Morgan fingerprint density at radius 3 is 2.47 bits per heavy atom. The van der Waals surface area contributed by atoms with Crippen molar-refractivity contribution in [3.05, 3.63) is 74.9 Å². The Morgan fingerprint density at radius 2 is 1.85 bits per heavy atom. The van der Waals surface area contributed by atoms with Crippen LogP contribution in [0.25, 0.3) is 16.5 Å². The first-order valence-corrected chi connectivity index (χ1v) is 12.8. The number of benzene rings is 2. The predicted molar refractivity (Wildman–Crippen MR) is 135 cm³/mol. The number of nitrogens with one attached hydrogen (secondary N) is 3. The molecule has 2 amide bonds. The van der Waals surface area contributed by atoms with Gasteiger partial charge in [-0.15, -0.1) is 11.6 Å². The molecule has 3 N–H and O–H groups in total. The smallest absolute Gasteiger partial charge is 0.333 e. The average Bonchev–Trinajstić information content (AvgIpc) is 3.27. The number of allylic oxidation sites excluding steroid dienone is 1. The molecule has 0 saturated heterocycles. The van der Waals surface area contributed by atoms with Crippen molar-refractivity contribution in [1.82, 2.24) is 9.29 Å². The van der Waals surface area contributed by atoms with E-state index in [0.717, 1.165) is 17.4 Å². The second-order valence-corrected chi connectivity index (χ2v) is 11.2. The van der Waals surface area contributed by atoms with Gasteiger partial charge in [0.1, 0.15) is 4.24 Å². The number of pyridine rings is 1. The quantitative estimate of drug-likeness (QED) is 0.334. The maximum absolute atomic E-state index is 13.0. The molecule has 2 heterocycles. The van der Waals surface area contributed by atoms with Gasteiger partial charge in [0.25, 0.3) is 15.6 Å². The van der Waals surface area contributed by atoms with Crippen LogP contribution in [0.4, 0.5) is 16.2 Å². The number of aldehydes is 1. The van der Waals surface area contributed by atoms with Crippen LogP contribution in [-0.2, 0) is 10.0 Å². The van der Waals surface area contributed by atoms with Gasteiger partial charge in [0, 0.05) is 46.6 Å². The number of urea groups is 1. The average molecular weight is 519 g/mol. The molecule has 0 fully saturated rings.